The highest BCUT2D eigenvalue weighted by Crippen LogP contribution is 2.29. The molecule has 0 fully saturated rings. The molecule has 1 N–H and O–H groups in total. The van der Waals surface area contributed by atoms with Crippen molar-refractivity contribution >= 4 is 23.4 Å². The van der Waals surface area contributed by atoms with Crippen LogP contribution in [0, 0.1) is 0 Å². The molecule has 4 aromatic rings. The number of anilines is 1. The molecule has 33 heavy (non-hydrogen) atoms. The molecule has 4 rings (SSSR count). The standard InChI is InChI=1S/C25H26N4O3S/c1-4-18-7-11-20(12-8-18)26-24(30)17(2)33-25-28-27-23(19-9-13-21(31-3)14-10-19)29(25)16-22-6-5-15-32-22/h5-15,17H,4,16H2,1-3H3,(H,26,30)/t17-/m0/s1. The monoisotopic (exact) mass is 462 g/mol. The van der Waals surface area contributed by atoms with E-state index < -0.39 is 0 Å². The molecule has 0 saturated carbocycles. The smallest absolute Gasteiger partial charge is 0.237 e. The molecule has 1 atom stereocenters. The van der Waals surface area contributed by atoms with Gasteiger partial charge < -0.3 is 14.5 Å². The zero-order valence-corrected chi connectivity index (χ0v) is 19.6. The van der Waals surface area contributed by atoms with E-state index in [1.807, 2.05) is 72.2 Å². The van der Waals surface area contributed by atoms with Crippen molar-refractivity contribution in [3.8, 4) is 17.1 Å². The molecule has 0 saturated heterocycles. The zero-order valence-electron chi connectivity index (χ0n) is 18.8. The van der Waals surface area contributed by atoms with Crippen LogP contribution in [0.1, 0.15) is 25.2 Å². The van der Waals surface area contributed by atoms with Crippen LogP contribution in [-0.2, 0) is 17.8 Å². The third-order valence-corrected chi connectivity index (χ3v) is 6.32. The maximum Gasteiger partial charge on any atom is 0.237 e. The van der Waals surface area contributed by atoms with Crippen LogP contribution in [0.3, 0.4) is 0 Å². The Hall–Kier alpha value is -3.52. The van der Waals surface area contributed by atoms with Gasteiger partial charge in [-0.05, 0) is 67.4 Å². The van der Waals surface area contributed by atoms with Crippen LogP contribution in [0.4, 0.5) is 5.69 Å². The molecular weight excluding hydrogens is 436 g/mol. The third kappa shape index (κ3) is 5.46. The van der Waals surface area contributed by atoms with Gasteiger partial charge in [0.05, 0.1) is 25.2 Å². The van der Waals surface area contributed by atoms with Gasteiger partial charge in [0, 0.05) is 11.3 Å². The Kier molecular flexibility index (Phi) is 7.14. The highest BCUT2D eigenvalue weighted by Gasteiger charge is 2.22. The third-order valence-electron chi connectivity index (χ3n) is 5.24. The molecule has 2 aromatic carbocycles. The van der Waals surface area contributed by atoms with Crippen molar-refractivity contribution in [2.45, 2.75) is 37.2 Å². The fraction of sp³-hybridized carbons (Fsp3) is 0.240. The Labute approximate surface area is 197 Å². The van der Waals surface area contributed by atoms with E-state index in [9.17, 15) is 4.79 Å². The largest absolute Gasteiger partial charge is 0.497 e. The van der Waals surface area contributed by atoms with Crippen molar-refractivity contribution in [1.82, 2.24) is 14.8 Å². The maximum atomic E-state index is 12.8. The van der Waals surface area contributed by atoms with Crippen molar-refractivity contribution in [1.29, 1.82) is 0 Å². The van der Waals surface area contributed by atoms with E-state index in [2.05, 4.69) is 22.4 Å². The molecular formula is C25H26N4O3S. The van der Waals surface area contributed by atoms with Crippen LogP contribution < -0.4 is 10.1 Å². The van der Waals surface area contributed by atoms with Crippen LogP contribution >= 0.6 is 11.8 Å². The number of ether oxygens (including phenoxy) is 1. The number of methoxy groups -OCH3 is 1. The van der Waals surface area contributed by atoms with E-state index >= 15 is 0 Å². The molecule has 2 aromatic heterocycles. The maximum absolute atomic E-state index is 12.8. The molecule has 0 aliphatic carbocycles. The minimum atomic E-state index is -0.376. The Bertz CT molecular complexity index is 1190. The van der Waals surface area contributed by atoms with Gasteiger partial charge in [-0.25, -0.2) is 0 Å². The number of aryl methyl sites for hydroxylation is 1. The van der Waals surface area contributed by atoms with Crippen molar-refractivity contribution in [3.63, 3.8) is 0 Å². The molecule has 0 bridgehead atoms. The zero-order chi connectivity index (χ0) is 23.2. The number of benzene rings is 2. The second kappa shape index (κ2) is 10.4. The Balaban J connectivity index is 1.55. The highest BCUT2D eigenvalue weighted by molar-refractivity contribution is 8.00. The van der Waals surface area contributed by atoms with Crippen LogP contribution in [0.15, 0.2) is 76.5 Å². The van der Waals surface area contributed by atoms with Crippen LogP contribution in [-0.4, -0.2) is 33.0 Å². The van der Waals surface area contributed by atoms with E-state index in [1.165, 1.54) is 17.3 Å². The predicted molar refractivity (Wildman–Crippen MR) is 130 cm³/mol. The summed E-state index contributed by atoms with van der Waals surface area (Å²) >= 11 is 1.36. The molecule has 8 heteroatoms. The second-order valence-electron chi connectivity index (χ2n) is 7.50. The number of carbonyl (C=O) groups excluding carboxylic acids is 1. The van der Waals surface area contributed by atoms with Gasteiger partial charge in [-0.1, -0.05) is 30.8 Å². The molecule has 0 aliphatic heterocycles. The van der Waals surface area contributed by atoms with Crippen molar-refractivity contribution in [2.75, 3.05) is 12.4 Å². The number of carbonyl (C=O) groups is 1. The van der Waals surface area contributed by atoms with Gasteiger partial charge in [-0.3, -0.25) is 9.36 Å². The minimum absolute atomic E-state index is 0.0946. The number of nitrogens with one attached hydrogen (secondary N) is 1. The van der Waals surface area contributed by atoms with Crippen LogP contribution in [0.5, 0.6) is 5.75 Å². The van der Waals surface area contributed by atoms with Crippen LogP contribution in [0.2, 0.25) is 0 Å². The summed E-state index contributed by atoms with van der Waals surface area (Å²) in [7, 11) is 1.63. The van der Waals surface area contributed by atoms with Gasteiger partial charge in [0.25, 0.3) is 0 Å². The van der Waals surface area contributed by atoms with E-state index in [-0.39, 0.29) is 11.2 Å². The van der Waals surface area contributed by atoms with Gasteiger partial charge in [0.15, 0.2) is 11.0 Å². The molecule has 0 unspecified atom stereocenters. The summed E-state index contributed by atoms with van der Waals surface area (Å²) in [6, 6.07) is 19.3. The molecule has 0 aliphatic rings. The summed E-state index contributed by atoms with van der Waals surface area (Å²) in [6.45, 7) is 4.42. The van der Waals surface area contributed by atoms with Gasteiger partial charge in [0.2, 0.25) is 5.91 Å². The first-order chi connectivity index (χ1) is 16.1. The van der Waals surface area contributed by atoms with E-state index in [0.717, 1.165) is 29.2 Å². The number of nitrogens with zero attached hydrogens (tertiary/aromatic N) is 3. The second-order valence-corrected chi connectivity index (χ2v) is 8.81. The normalized spacial score (nSPS) is 11.8. The average molecular weight is 463 g/mol. The first-order valence-electron chi connectivity index (χ1n) is 10.7. The number of hydrogen-bond donors (Lipinski definition) is 1. The number of thioether (sulfide) groups is 1. The molecule has 1 amide bonds. The Morgan fingerprint density at radius 3 is 2.52 bits per heavy atom. The first-order valence-corrected chi connectivity index (χ1v) is 11.6. The summed E-state index contributed by atoms with van der Waals surface area (Å²) in [5.74, 6) is 2.14. The summed E-state index contributed by atoms with van der Waals surface area (Å²) in [5, 5.41) is 12.1. The van der Waals surface area contributed by atoms with Gasteiger partial charge in [-0.15, -0.1) is 10.2 Å². The molecule has 0 spiro atoms. The van der Waals surface area contributed by atoms with E-state index in [0.29, 0.717) is 17.5 Å². The van der Waals surface area contributed by atoms with Gasteiger partial charge in [-0.2, -0.15) is 0 Å². The Morgan fingerprint density at radius 2 is 1.88 bits per heavy atom. The number of rotatable bonds is 9. The minimum Gasteiger partial charge on any atom is -0.497 e. The molecule has 0 radical (unpaired) electrons. The fourth-order valence-corrected chi connectivity index (χ4v) is 4.16. The first kappa shape index (κ1) is 22.7. The number of furan rings is 1. The highest BCUT2D eigenvalue weighted by atomic mass is 32.2. The summed E-state index contributed by atoms with van der Waals surface area (Å²) in [4.78, 5) is 12.8. The SMILES string of the molecule is CCc1ccc(NC(=O)[C@H](C)Sc2nnc(-c3ccc(OC)cc3)n2Cc2ccco2)cc1. The quantitative estimate of drug-likeness (QED) is 0.341. The summed E-state index contributed by atoms with van der Waals surface area (Å²) in [5.41, 5.74) is 2.91. The fourth-order valence-electron chi connectivity index (χ4n) is 3.31. The lowest BCUT2D eigenvalue weighted by Crippen LogP contribution is -2.23. The van der Waals surface area contributed by atoms with Crippen molar-refractivity contribution in [3.05, 3.63) is 78.3 Å². The topological polar surface area (TPSA) is 82.2 Å². The molecule has 2 heterocycles. The van der Waals surface area contributed by atoms with E-state index in [4.69, 9.17) is 9.15 Å². The average Bonchev–Trinajstić information content (AvgIpc) is 3.50. The lowest BCUT2D eigenvalue weighted by Gasteiger charge is -2.13. The molecule has 7 nitrogen and oxygen atoms in total. The van der Waals surface area contributed by atoms with Gasteiger partial charge >= 0.3 is 0 Å². The number of hydrogen-bond acceptors (Lipinski definition) is 6. The van der Waals surface area contributed by atoms with Crippen molar-refractivity contribution < 1.29 is 13.9 Å². The van der Waals surface area contributed by atoms with E-state index in [1.54, 1.807) is 13.4 Å². The van der Waals surface area contributed by atoms with Crippen molar-refractivity contribution in [2.24, 2.45) is 0 Å². The lowest BCUT2D eigenvalue weighted by molar-refractivity contribution is -0.115. The van der Waals surface area contributed by atoms with Crippen LogP contribution in [0.25, 0.3) is 11.4 Å². The predicted octanol–water partition coefficient (Wildman–Crippen LogP) is 5.28. The lowest BCUT2D eigenvalue weighted by atomic mass is 10.1. The molecule has 170 valence electrons. The number of aromatic nitrogens is 3. The summed E-state index contributed by atoms with van der Waals surface area (Å²) < 4.78 is 12.8. The van der Waals surface area contributed by atoms with Gasteiger partial charge in [0.1, 0.15) is 11.5 Å². The number of amides is 1. The Morgan fingerprint density at radius 1 is 1.12 bits per heavy atom. The summed E-state index contributed by atoms with van der Waals surface area (Å²) in [6.07, 6.45) is 2.60.